The van der Waals surface area contributed by atoms with Gasteiger partial charge in [0.25, 0.3) is 0 Å². The summed E-state index contributed by atoms with van der Waals surface area (Å²) in [6, 6.07) is 6.27. The van der Waals surface area contributed by atoms with Crippen LogP contribution >= 0.6 is 11.6 Å². The second-order valence-corrected chi connectivity index (χ2v) is 3.55. The first kappa shape index (κ1) is 11.3. The van der Waals surface area contributed by atoms with E-state index < -0.39 is 4.92 Å². The van der Waals surface area contributed by atoms with E-state index in [0.717, 1.165) is 0 Å². The van der Waals surface area contributed by atoms with Gasteiger partial charge in [0.05, 0.1) is 0 Å². The maximum absolute atomic E-state index is 10.8. The van der Waals surface area contributed by atoms with Crippen LogP contribution in [0, 0.1) is 10.1 Å². The Kier molecular flexibility index (Phi) is 2.88. The molecule has 0 saturated carbocycles. The summed E-state index contributed by atoms with van der Waals surface area (Å²) in [5, 5.41) is 10.6. The topological polar surface area (TPSA) is 78.0 Å². The summed E-state index contributed by atoms with van der Waals surface area (Å²) in [4.78, 5) is 24.4. The molecule has 0 unspecified atom stereocenters. The maximum Gasteiger partial charge on any atom is 0.367 e. The second kappa shape index (κ2) is 4.34. The molecule has 0 spiro atoms. The van der Waals surface area contributed by atoms with E-state index in [-0.39, 0.29) is 11.0 Å². The molecule has 86 valence electrons. The number of nitrogens with zero attached hydrogens (tertiary/aromatic N) is 3. The van der Waals surface area contributed by atoms with E-state index in [1.807, 2.05) is 0 Å². The van der Waals surface area contributed by atoms with E-state index in [0.29, 0.717) is 17.5 Å². The van der Waals surface area contributed by atoms with Crippen LogP contribution in [0.4, 0.5) is 5.82 Å². The normalized spacial score (nSPS) is 10.2. The quantitative estimate of drug-likeness (QED) is 0.476. The Morgan fingerprint density at radius 2 is 2.00 bits per heavy atom. The summed E-state index contributed by atoms with van der Waals surface area (Å²) in [5.41, 5.74) is 1.00. The maximum atomic E-state index is 10.8. The first-order valence-electron chi connectivity index (χ1n) is 4.56. The number of halogens is 1. The van der Waals surface area contributed by atoms with Crippen molar-refractivity contribution in [1.82, 2.24) is 9.55 Å². The van der Waals surface area contributed by atoms with Crippen LogP contribution in [-0.2, 0) is 0 Å². The molecule has 0 aliphatic carbocycles. The Bertz CT molecular complexity index is 577. The molecule has 0 atom stereocenters. The van der Waals surface area contributed by atoms with Gasteiger partial charge in [-0.2, -0.15) is 9.55 Å². The van der Waals surface area contributed by atoms with Crippen LogP contribution < -0.4 is 0 Å². The molecule has 0 fully saturated rings. The number of carbonyl (C=O) groups is 1. The van der Waals surface area contributed by atoms with Gasteiger partial charge in [0.2, 0.25) is 5.15 Å². The average Bonchev–Trinajstić information content (AvgIpc) is 2.71. The molecule has 6 nitrogen and oxygen atoms in total. The van der Waals surface area contributed by atoms with Crippen molar-refractivity contribution < 1.29 is 9.72 Å². The van der Waals surface area contributed by atoms with Gasteiger partial charge >= 0.3 is 5.82 Å². The first-order chi connectivity index (χ1) is 8.13. The van der Waals surface area contributed by atoms with Crippen LogP contribution in [0.1, 0.15) is 10.4 Å². The van der Waals surface area contributed by atoms with Gasteiger partial charge in [0.15, 0.2) is 6.33 Å². The summed E-state index contributed by atoms with van der Waals surface area (Å²) in [5.74, 6) is -0.300. The number of benzene rings is 1. The Balaban J connectivity index is 2.52. The first-order valence-corrected chi connectivity index (χ1v) is 4.94. The molecular formula is C10H6ClN3O3. The average molecular weight is 252 g/mol. The molecule has 0 bridgehead atoms. The molecule has 0 amide bonds. The molecule has 0 aliphatic heterocycles. The third-order valence-corrected chi connectivity index (χ3v) is 2.45. The lowest BCUT2D eigenvalue weighted by molar-refractivity contribution is -0.390. The smallest absolute Gasteiger partial charge is 0.358 e. The second-order valence-electron chi connectivity index (χ2n) is 3.20. The van der Waals surface area contributed by atoms with Crippen molar-refractivity contribution in [2.75, 3.05) is 0 Å². The summed E-state index contributed by atoms with van der Waals surface area (Å²) >= 11 is 5.62. The fourth-order valence-electron chi connectivity index (χ4n) is 1.39. The molecular weight excluding hydrogens is 246 g/mol. The Morgan fingerprint density at radius 1 is 1.35 bits per heavy atom. The van der Waals surface area contributed by atoms with Crippen molar-refractivity contribution in [3.8, 4) is 5.69 Å². The van der Waals surface area contributed by atoms with Crippen LogP contribution in [0.25, 0.3) is 5.69 Å². The highest BCUT2D eigenvalue weighted by molar-refractivity contribution is 6.31. The van der Waals surface area contributed by atoms with Gasteiger partial charge in [-0.25, -0.2) is 0 Å². The number of hydrogen-bond donors (Lipinski definition) is 0. The number of nitro groups is 1. The van der Waals surface area contributed by atoms with E-state index >= 15 is 0 Å². The zero-order valence-electron chi connectivity index (χ0n) is 8.41. The zero-order chi connectivity index (χ0) is 12.4. The van der Waals surface area contributed by atoms with Crippen LogP contribution in [0.5, 0.6) is 0 Å². The molecule has 1 aromatic carbocycles. The van der Waals surface area contributed by atoms with Gasteiger partial charge in [0, 0.05) is 5.56 Å². The molecule has 0 saturated heterocycles. The van der Waals surface area contributed by atoms with Crippen LogP contribution in [0.3, 0.4) is 0 Å². The van der Waals surface area contributed by atoms with Crippen LogP contribution in [0.15, 0.2) is 30.6 Å². The lowest BCUT2D eigenvalue weighted by atomic mass is 10.2. The number of aldehydes is 1. The predicted octanol–water partition coefficient (Wildman–Crippen LogP) is 2.25. The Labute approximate surface area is 101 Å². The molecule has 17 heavy (non-hydrogen) atoms. The Morgan fingerprint density at radius 3 is 2.53 bits per heavy atom. The third-order valence-electron chi connectivity index (χ3n) is 2.18. The van der Waals surface area contributed by atoms with E-state index in [9.17, 15) is 14.9 Å². The number of aromatic nitrogens is 2. The molecule has 2 aromatic rings. The minimum atomic E-state index is -0.608. The standard InChI is InChI=1S/C10H6ClN3O3/c11-9-10(14(16)17)13(6-12-9)8-3-1-7(5-15)2-4-8/h1-6H. The SMILES string of the molecule is O=Cc1ccc(-n2cnc(Cl)c2[N+](=O)[O-])cc1. The summed E-state index contributed by atoms with van der Waals surface area (Å²) < 4.78 is 1.25. The zero-order valence-corrected chi connectivity index (χ0v) is 9.16. The summed E-state index contributed by atoms with van der Waals surface area (Å²) in [6.07, 6.45) is 1.95. The van der Waals surface area contributed by atoms with Gasteiger partial charge in [-0.05, 0) is 29.2 Å². The van der Waals surface area contributed by atoms with E-state index in [1.54, 1.807) is 24.3 Å². The van der Waals surface area contributed by atoms with Crippen molar-refractivity contribution >= 4 is 23.7 Å². The van der Waals surface area contributed by atoms with E-state index in [4.69, 9.17) is 11.6 Å². The molecule has 2 rings (SSSR count). The molecule has 1 aromatic heterocycles. The molecule has 0 radical (unpaired) electrons. The van der Waals surface area contributed by atoms with Gasteiger partial charge in [-0.3, -0.25) is 4.79 Å². The number of imidazole rings is 1. The predicted molar refractivity (Wildman–Crippen MR) is 60.6 cm³/mol. The largest absolute Gasteiger partial charge is 0.367 e. The number of carbonyl (C=O) groups excluding carboxylic acids is 1. The van der Waals surface area contributed by atoms with E-state index in [1.165, 1.54) is 10.9 Å². The van der Waals surface area contributed by atoms with Crippen molar-refractivity contribution in [3.05, 3.63) is 51.4 Å². The third kappa shape index (κ3) is 2.02. The van der Waals surface area contributed by atoms with Gasteiger partial charge in [-0.15, -0.1) is 0 Å². The highest BCUT2D eigenvalue weighted by Gasteiger charge is 2.21. The van der Waals surface area contributed by atoms with Crippen molar-refractivity contribution in [3.63, 3.8) is 0 Å². The van der Waals surface area contributed by atoms with Gasteiger partial charge in [0.1, 0.15) is 12.0 Å². The monoisotopic (exact) mass is 251 g/mol. The number of hydrogen-bond acceptors (Lipinski definition) is 4. The van der Waals surface area contributed by atoms with Crippen LogP contribution in [0.2, 0.25) is 5.15 Å². The lowest BCUT2D eigenvalue weighted by Crippen LogP contribution is -1.99. The highest BCUT2D eigenvalue weighted by atomic mass is 35.5. The minimum absolute atomic E-state index is 0.172. The Hall–Kier alpha value is -2.21. The molecule has 0 N–H and O–H groups in total. The lowest BCUT2D eigenvalue weighted by Gasteiger charge is -2.00. The molecule has 0 aliphatic rings. The fraction of sp³-hybridized carbons (Fsp3) is 0. The summed E-state index contributed by atoms with van der Waals surface area (Å²) in [6.45, 7) is 0. The molecule has 1 heterocycles. The van der Waals surface area contributed by atoms with Gasteiger partial charge in [-0.1, -0.05) is 11.6 Å². The fourth-order valence-corrected chi connectivity index (χ4v) is 1.59. The van der Waals surface area contributed by atoms with Crippen molar-refractivity contribution in [1.29, 1.82) is 0 Å². The van der Waals surface area contributed by atoms with E-state index in [2.05, 4.69) is 4.98 Å². The molecule has 7 heteroatoms. The van der Waals surface area contributed by atoms with Crippen molar-refractivity contribution in [2.45, 2.75) is 0 Å². The van der Waals surface area contributed by atoms with Crippen LogP contribution in [-0.4, -0.2) is 20.8 Å². The summed E-state index contributed by atoms with van der Waals surface area (Å²) in [7, 11) is 0. The minimum Gasteiger partial charge on any atom is -0.358 e. The highest BCUT2D eigenvalue weighted by Crippen LogP contribution is 2.25. The van der Waals surface area contributed by atoms with Crippen molar-refractivity contribution in [2.24, 2.45) is 0 Å². The number of rotatable bonds is 3. The van der Waals surface area contributed by atoms with Gasteiger partial charge < -0.3 is 10.1 Å².